The number of rotatable bonds is 4. The fraction of sp³-hybridized carbons (Fsp3) is 0.500. The third kappa shape index (κ3) is 3.14. The summed E-state index contributed by atoms with van der Waals surface area (Å²) in [5.74, 6) is -0.904. The molecule has 2 unspecified atom stereocenters. The van der Waals surface area contributed by atoms with Gasteiger partial charge in [-0.25, -0.2) is 14.1 Å². The van der Waals surface area contributed by atoms with Crippen LogP contribution in [0.5, 0.6) is 0 Å². The summed E-state index contributed by atoms with van der Waals surface area (Å²) in [6.45, 7) is 3.89. The van der Waals surface area contributed by atoms with Crippen LogP contribution in [0, 0.1) is 13.8 Å². The molecule has 128 valence electrons. The molecular formula is C14H17FN6O2S. The topological polar surface area (TPSA) is 107 Å². The lowest BCUT2D eigenvalue weighted by Gasteiger charge is -2.23. The minimum Gasteiger partial charge on any atom is -0.364 e. The molecule has 1 fully saturated rings. The maximum atomic E-state index is 13.9. The van der Waals surface area contributed by atoms with Crippen LogP contribution in [-0.2, 0) is 6.54 Å². The summed E-state index contributed by atoms with van der Waals surface area (Å²) in [6, 6.07) is -0.364. The number of hydrogen-bond acceptors (Lipinski definition) is 6. The summed E-state index contributed by atoms with van der Waals surface area (Å²) in [7, 11) is 0. The molecule has 1 saturated heterocycles. The highest BCUT2D eigenvalue weighted by Crippen LogP contribution is 2.27. The van der Waals surface area contributed by atoms with Crippen LogP contribution >= 0.6 is 11.3 Å². The van der Waals surface area contributed by atoms with Crippen molar-refractivity contribution in [2.45, 2.75) is 39.0 Å². The molecule has 1 aliphatic heterocycles. The Morgan fingerprint density at radius 3 is 2.79 bits per heavy atom. The van der Waals surface area contributed by atoms with Gasteiger partial charge in [-0.3, -0.25) is 9.59 Å². The van der Waals surface area contributed by atoms with Crippen LogP contribution in [0.15, 0.2) is 6.20 Å². The molecule has 2 aromatic rings. The molecule has 0 saturated carbocycles. The van der Waals surface area contributed by atoms with Crippen molar-refractivity contribution in [1.82, 2.24) is 24.9 Å². The zero-order chi connectivity index (χ0) is 17.4. The summed E-state index contributed by atoms with van der Waals surface area (Å²) in [5.41, 5.74) is 5.83. The van der Waals surface area contributed by atoms with Gasteiger partial charge in [0.2, 0.25) is 0 Å². The Morgan fingerprint density at radius 1 is 1.46 bits per heavy atom. The van der Waals surface area contributed by atoms with Gasteiger partial charge in [-0.2, -0.15) is 0 Å². The van der Waals surface area contributed by atoms with E-state index in [4.69, 9.17) is 5.73 Å². The van der Waals surface area contributed by atoms with E-state index in [1.165, 1.54) is 27.1 Å². The van der Waals surface area contributed by atoms with E-state index in [2.05, 4.69) is 15.3 Å². The van der Waals surface area contributed by atoms with Crippen LogP contribution in [0.4, 0.5) is 4.39 Å². The van der Waals surface area contributed by atoms with Gasteiger partial charge in [-0.15, -0.1) is 16.4 Å². The van der Waals surface area contributed by atoms with Crippen molar-refractivity contribution in [1.29, 1.82) is 0 Å². The average molecular weight is 352 g/mol. The van der Waals surface area contributed by atoms with Gasteiger partial charge >= 0.3 is 0 Å². The lowest BCUT2D eigenvalue weighted by molar-refractivity contribution is 0.0718. The summed E-state index contributed by atoms with van der Waals surface area (Å²) in [5, 5.41) is 8.26. The van der Waals surface area contributed by atoms with Crippen LogP contribution in [-0.4, -0.2) is 55.5 Å². The highest BCUT2D eigenvalue weighted by Gasteiger charge is 2.37. The highest BCUT2D eigenvalue weighted by atomic mass is 32.1. The molecular weight excluding hydrogens is 335 g/mol. The molecule has 0 spiro atoms. The zero-order valence-corrected chi connectivity index (χ0v) is 14.1. The first-order valence-corrected chi connectivity index (χ1v) is 8.25. The number of nitrogens with two attached hydrogens (primary N) is 1. The normalized spacial score (nSPS) is 20.5. The molecule has 0 aromatic carbocycles. The van der Waals surface area contributed by atoms with Crippen molar-refractivity contribution in [3.8, 4) is 0 Å². The smallest absolute Gasteiger partial charge is 0.270 e. The Morgan fingerprint density at radius 2 is 2.21 bits per heavy atom. The van der Waals surface area contributed by atoms with Gasteiger partial charge < -0.3 is 10.6 Å². The second-order valence-electron chi connectivity index (χ2n) is 5.78. The number of aromatic nitrogens is 4. The molecule has 1 aliphatic rings. The SMILES string of the molecule is Cc1nc(C)c(C(=O)N2CC(F)CC2Cn2cc(C(N)=O)nn2)s1. The van der Waals surface area contributed by atoms with E-state index in [0.717, 1.165) is 5.01 Å². The van der Waals surface area contributed by atoms with Crippen LogP contribution in [0.25, 0.3) is 0 Å². The Hall–Kier alpha value is -2.36. The van der Waals surface area contributed by atoms with E-state index >= 15 is 0 Å². The van der Waals surface area contributed by atoms with Crippen molar-refractivity contribution in [2.75, 3.05) is 6.54 Å². The number of primary amides is 1. The Balaban J connectivity index is 1.79. The van der Waals surface area contributed by atoms with Crippen molar-refractivity contribution >= 4 is 23.2 Å². The minimum absolute atomic E-state index is 0.0385. The predicted molar refractivity (Wildman–Crippen MR) is 84.5 cm³/mol. The van der Waals surface area contributed by atoms with E-state index in [9.17, 15) is 14.0 Å². The largest absolute Gasteiger partial charge is 0.364 e. The quantitative estimate of drug-likeness (QED) is 0.872. The number of likely N-dealkylation sites (tertiary alicyclic amines) is 1. The van der Waals surface area contributed by atoms with Crippen molar-refractivity contribution in [2.24, 2.45) is 5.73 Å². The average Bonchev–Trinajstić information content (AvgIpc) is 3.18. The Labute approximate surface area is 141 Å². The molecule has 0 aliphatic carbocycles. The summed E-state index contributed by atoms with van der Waals surface area (Å²) >= 11 is 1.31. The second-order valence-corrected chi connectivity index (χ2v) is 6.99. The third-order valence-corrected chi connectivity index (χ3v) is 4.97. The summed E-state index contributed by atoms with van der Waals surface area (Å²) in [6.07, 6.45) is 0.528. The first-order valence-electron chi connectivity index (χ1n) is 7.44. The van der Waals surface area contributed by atoms with E-state index < -0.39 is 12.1 Å². The molecule has 24 heavy (non-hydrogen) atoms. The summed E-state index contributed by atoms with van der Waals surface area (Å²) in [4.78, 5) is 30.1. The summed E-state index contributed by atoms with van der Waals surface area (Å²) < 4.78 is 15.3. The fourth-order valence-electron chi connectivity index (χ4n) is 2.86. The monoisotopic (exact) mass is 352 g/mol. The van der Waals surface area contributed by atoms with Gasteiger partial charge in [-0.1, -0.05) is 5.21 Å². The van der Waals surface area contributed by atoms with E-state index in [1.807, 2.05) is 6.92 Å². The first-order chi connectivity index (χ1) is 11.3. The van der Waals surface area contributed by atoms with Crippen LogP contribution in [0.2, 0.25) is 0 Å². The Bertz CT molecular complexity index is 788. The molecule has 3 rings (SSSR count). The third-order valence-electron chi connectivity index (χ3n) is 3.91. The highest BCUT2D eigenvalue weighted by molar-refractivity contribution is 7.13. The van der Waals surface area contributed by atoms with Gasteiger partial charge in [0, 0.05) is 6.42 Å². The van der Waals surface area contributed by atoms with Crippen LogP contribution < -0.4 is 5.73 Å². The number of hydrogen-bond donors (Lipinski definition) is 1. The van der Waals surface area contributed by atoms with Gasteiger partial charge in [0.15, 0.2) is 5.69 Å². The number of thiazole rings is 1. The number of amides is 2. The second kappa shape index (κ2) is 6.27. The van der Waals surface area contributed by atoms with Gasteiger partial charge in [0.1, 0.15) is 11.0 Å². The van der Waals surface area contributed by atoms with E-state index in [0.29, 0.717) is 10.6 Å². The molecule has 3 heterocycles. The molecule has 0 radical (unpaired) electrons. The van der Waals surface area contributed by atoms with Crippen molar-refractivity contribution in [3.63, 3.8) is 0 Å². The molecule has 10 heteroatoms. The number of carbonyl (C=O) groups is 2. The number of nitrogens with zero attached hydrogens (tertiary/aromatic N) is 5. The molecule has 2 atom stereocenters. The van der Waals surface area contributed by atoms with E-state index in [-0.39, 0.29) is 37.2 Å². The van der Waals surface area contributed by atoms with Gasteiger partial charge in [0.05, 0.1) is 36.0 Å². The lowest BCUT2D eigenvalue weighted by atomic mass is 10.2. The zero-order valence-electron chi connectivity index (χ0n) is 13.3. The maximum Gasteiger partial charge on any atom is 0.270 e. The van der Waals surface area contributed by atoms with E-state index in [1.54, 1.807) is 6.92 Å². The molecule has 2 amide bonds. The predicted octanol–water partition coefficient (Wildman–Crippen LogP) is 0.703. The Kier molecular flexibility index (Phi) is 4.31. The van der Waals surface area contributed by atoms with Gasteiger partial charge in [-0.05, 0) is 13.8 Å². The first kappa shape index (κ1) is 16.5. The minimum atomic E-state index is -1.09. The number of aryl methyl sites for hydroxylation is 2. The van der Waals surface area contributed by atoms with Crippen LogP contribution in [0.3, 0.4) is 0 Å². The lowest BCUT2D eigenvalue weighted by Crippen LogP contribution is -2.38. The number of alkyl halides is 1. The van der Waals surface area contributed by atoms with Crippen molar-refractivity contribution < 1.29 is 14.0 Å². The van der Waals surface area contributed by atoms with Gasteiger partial charge in [0.25, 0.3) is 11.8 Å². The molecule has 8 nitrogen and oxygen atoms in total. The van der Waals surface area contributed by atoms with Crippen molar-refractivity contribution in [3.05, 3.63) is 27.5 Å². The number of halogens is 1. The fourth-order valence-corrected chi connectivity index (χ4v) is 3.73. The van der Waals surface area contributed by atoms with Crippen LogP contribution in [0.1, 0.15) is 37.3 Å². The maximum absolute atomic E-state index is 13.9. The number of carbonyl (C=O) groups excluding carboxylic acids is 2. The molecule has 0 bridgehead atoms. The standard InChI is InChI=1S/C14H17FN6O2S/c1-7-12(24-8(2)17-7)14(23)21-4-9(15)3-10(21)5-20-6-11(13(16)22)18-19-20/h6,9-10H,3-5H2,1-2H3,(H2,16,22). The molecule has 2 aromatic heterocycles. The molecule has 2 N–H and O–H groups in total.